The van der Waals surface area contributed by atoms with Crippen molar-refractivity contribution < 1.29 is 24.6 Å². The molecule has 1 saturated carbocycles. The zero-order valence-electron chi connectivity index (χ0n) is 24.9. The molecule has 4 atom stereocenters. The molecule has 0 aromatic heterocycles. The Morgan fingerprint density at radius 1 is 0.927 bits per heavy atom. The van der Waals surface area contributed by atoms with E-state index in [9.17, 15) is 24.6 Å². The van der Waals surface area contributed by atoms with Crippen LogP contribution in [-0.2, 0) is 22.4 Å². The predicted octanol–water partition coefficient (Wildman–Crippen LogP) is 7.02. The van der Waals surface area contributed by atoms with Crippen molar-refractivity contribution in [3.8, 4) is 0 Å². The lowest BCUT2D eigenvalue weighted by Gasteiger charge is -2.22. The van der Waals surface area contributed by atoms with E-state index in [1.807, 2.05) is 73.7 Å². The van der Waals surface area contributed by atoms with Gasteiger partial charge in [-0.1, -0.05) is 106 Å². The molecule has 0 spiro atoms. The van der Waals surface area contributed by atoms with Gasteiger partial charge < -0.3 is 10.2 Å². The monoisotopic (exact) mass is 560 g/mol. The lowest BCUT2D eigenvalue weighted by molar-refractivity contribution is -0.121. The molecule has 41 heavy (non-hydrogen) atoms. The quantitative estimate of drug-likeness (QED) is 0.116. The van der Waals surface area contributed by atoms with Gasteiger partial charge in [0.2, 0.25) is 0 Å². The van der Waals surface area contributed by atoms with E-state index in [1.165, 1.54) is 0 Å². The molecule has 0 saturated heterocycles. The van der Waals surface area contributed by atoms with E-state index in [0.717, 1.165) is 62.5 Å². The average molecular weight is 561 g/mol. The Labute approximate surface area is 246 Å². The van der Waals surface area contributed by atoms with Crippen LogP contribution in [0.25, 0.3) is 0 Å². The van der Waals surface area contributed by atoms with Crippen LogP contribution in [0.3, 0.4) is 0 Å². The Bertz CT molecular complexity index is 1130. The first kappa shape index (κ1) is 32.6. The van der Waals surface area contributed by atoms with E-state index in [0.29, 0.717) is 31.2 Å². The van der Waals surface area contributed by atoms with Crippen LogP contribution in [0.1, 0.15) is 106 Å². The molecule has 222 valence electrons. The molecule has 0 bridgehead atoms. The van der Waals surface area contributed by atoms with E-state index in [2.05, 4.69) is 6.92 Å². The fourth-order valence-electron chi connectivity index (χ4n) is 5.77. The first-order valence-electron chi connectivity index (χ1n) is 15.5. The zero-order valence-corrected chi connectivity index (χ0v) is 24.9. The molecule has 1 unspecified atom stereocenters. The van der Waals surface area contributed by atoms with E-state index < -0.39 is 11.7 Å². The topological polar surface area (TPSA) is 91.7 Å². The number of rotatable bonds is 18. The number of Topliss-reactive ketones (excluding diaryl/α,β-unsaturated/α-hetero) is 3. The summed E-state index contributed by atoms with van der Waals surface area (Å²) in [5.41, 5.74) is 1.87. The fraction of sp³-hybridized carbons (Fsp3) is 0.528. The summed E-state index contributed by atoms with van der Waals surface area (Å²) in [5, 5.41) is 20.9. The highest BCUT2D eigenvalue weighted by atomic mass is 16.3. The Morgan fingerprint density at radius 3 is 2.27 bits per heavy atom. The number of aliphatic hydroxyl groups is 2. The van der Waals surface area contributed by atoms with Crippen LogP contribution in [0.2, 0.25) is 0 Å². The van der Waals surface area contributed by atoms with Gasteiger partial charge in [-0.25, -0.2) is 0 Å². The summed E-state index contributed by atoms with van der Waals surface area (Å²) in [6, 6.07) is 17.0. The van der Waals surface area contributed by atoms with Crippen LogP contribution in [0, 0.1) is 11.8 Å². The van der Waals surface area contributed by atoms with Crippen LogP contribution in [0.4, 0.5) is 0 Å². The van der Waals surface area contributed by atoms with Gasteiger partial charge in [0.1, 0.15) is 11.6 Å². The number of ketones is 3. The maximum atomic E-state index is 12.5. The SMILES string of the molecule is CCCCC(C)(O)C/C=C/[C@H]1[C@H](O)CC(=O)[C@@H]1CCCCCCC(=O)Cc1ccc(CC(=O)c2ccccc2)cc1. The number of unbranched alkanes of at least 4 members (excludes halogenated alkanes) is 4. The highest BCUT2D eigenvalue weighted by Crippen LogP contribution is 2.35. The van der Waals surface area contributed by atoms with Crippen molar-refractivity contribution in [2.24, 2.45) is 11.8 Å². The smallest absolute Gasteiger partial charge is 0.167 e. The van der Waals surface area contributed by atoms with Gasteiger partial charge in [-0.15, -0.1) is 0 Å². The van der Waals surface area contributed by atoms with Gasteiger partial charge in [0.15, 0.2) is 5.78 Å². The number of benzene rings is 2. The summed E-state index contributed by atoms with van der Waals surface area (Å²) in [6.07, 6.45) is 12.4. The van der Waals surface area contributed by atoms with E-state index in [4.69, 9.17) is 0 Å². The fourth-order valence-corrected chi connectivity index (χ4v) is 5.77. The van der Waals surface area contributed by atoms with E-state index in [1.54, 1.807) is 0 Å². The molecule has 0 aliphatic heterocycles. The van der Waals surface area contributed by atoms with E-state index >= 15 is 0 Å². The van der Waals surface area contributed by atoms with Crippen molar-refractivity contribution in [2.75, 3.05) is 0 Å². The second-order valence-electron chi connectivity index (χ2n) is 12.1. The summed E-state index contributed by atoms with van der Waals surface area (Å²) in [7, 11) is 0. The van der Waals surface area contributed by atoms with Crippen LogP contribution >= 0.6 is 0 Å². The maximum Gasteiger partial charge on any atom is 0.167 e. The standard InChI is InChI=1S/C36H48O5/c1-3-4-22-36(2,41)23-12-17-32-31(34(39)26-35(32)40)16-11-6-5-10-15-30(37)24-27-18-20-28(21-19-27)25-33(38)29-13-8-7-9-14-29/h7-9,12-14,17-21,31-32,35,40-41H,3-6,10-11,15-16,22-26H2,1-2H3/b17-12+/t31-,32-,35-,36?/m1/s1. The second kappa shape index (κ2) is 16.5. The van der Waals surface area contributed by atoms with Crippen LogP contribution in [0.15, 0.2) is 66.7 Å². The molecule has 1 aliphatic rings. The third kappa shape index (κ3) is 11.1. The molecule has 0 heterocycles. The number of aliphatic hydroxyl groups excluding tert-OH is 1. The minimum absolute atomic E-state index is 0.0851. The number of carbonyl (C=O) groups is 3. The van der Waals surface area contributed by atoms with Crippen LogP contribution < -0.4 is 0 Å². The van der Waals surface area contributed by atoms with Crippen molar-refractivity contribution in [1.29, 1.82) is 0 Å². The lowest BCUT2D eigenvalue weighted by atomic mass is 9.87. The average Bonchev–Trinajstić information content (AvgIpc) is 3.22. The predicted molar refractivity (Wildman–Crippen MR) is 164 cm³/mol. The maximum absolute atomic E-state index is 12.5. The molecule has 5 nitrogen and oxygen atoms in total. The highest BCUT2D eigenvalue weighted by Gasteiger charge is 2.39. The van der Waals surface area contributed by atoms with Crippen molar-refractivity contribution >= 4 is 17.3 Å². The molecule has 3 rings (SSSR count). The third-order valence-corrected chi connectivity index (χ3v) is 8.32. The summed E-state index contributed by atoms with van der Waals surface area (Å²) in [5.74, 6) is 0.105. The Balaban J connectivity index is 1.33. The minimum Gasteiger partial charge on any atom is -0.392 e. The van der Waals surface area contributed by atoms with Gasteiger partial charge in [0.25, 0.3) is 0 Å². The van der Waals surface area contributed by atoms with Crippen LogP contribution in [-0.4, -0.2) is 39.3 Å². The number of hydrogen-bond donors (Lipinski definition) is 2. The van der Waals surface area contributed by atoms with Crippen molar-refractivity contribution in [1.82, 2.24) is 0 Å². The molecule has 0 radical (unpaired) electrons. The zero-order chi connectivity index (χ0) is 29.7. The van der Waals surface area contributed by atoms with Crippen LogP contribution in [0.5, 0.6) is 0 Å². The second-order valence-corrected chi connectivity index (χ2v) is 12.1. The van der Waals surface area contributed by atoms with Gasteiger partial charge in [0, 0.05) is 43.1 Å². The van der Waals surface area contributed by atoms with E-state index in [-0.39, 0.29) is 35.6 Å². The Hall–Kier alpha value is -2.89. The molecule has 0 amide bonds. The van der Waals surface area contributed by atoms with Crippen molar-refractivity contribution in [3.63, 3.8) is 0 Å². The molecule has 2 aromatic carbocycles. The Morgan fingerprint density at radius 2 is 1.59 bits per heavy atom. The summed E-state index contributed by atoms with van der Waals surface area (Å²) < 4.78 is 0. The third-order valence-electron chi connectivity index (χ3n) is 8.32. The summed E-state index contributed by atoms with van der Waals surface area (Å²) in [4.78, 5) is 37.4. The summed E-state index contributed by atoms with van der Waals surface area (Å²) >= 11 is 0. The first-order chi connectivity index (χ1) is 19.7. The molecule has 2 N–H and O–H groups in total. The lowest BCUT2D eigenvalue weighted by Crippen LogP contribution is -2.23. The van der Waals surface area contributed by atoms with Gasteiger partial charge >= 0.3 is 0 Å². The first-order valence-corrected chi connectivity index (χ1v) is 15.5. The number of hydrogen-bond acceptors (Lipinski definition) is 5. The van der Waals surface area contributed by atoms with Gasteiger partial charge in [-0.05, 0) is 43.7 Å². The Kier molecular flexibility index (Phi) is 13.1. The van der Waals surface area contributed by atoms with Gasteiger partial charge in [-0.3, -0.25) is 14.4 Å². The molecule has 5 heteroatoms. The molecular formula is C36H48O5. The van der Waals surface area contributed by atoms with Crippen molar-refractivity contribution in [3.05, 3.63) is 83.4 Å². The molecule has 2 aromatic rings. The van der Waals surface area contributed by atoms with Crippen molar-refractivity contribution in [2.45, 2.75) is 109 Å². The molecule has 1 aliphatic carbocycles. The summed E-state index contributed by atoms with van der Waals surface area (Å²) in [6.45, 7) is 3.95. The molecular weight excluding hydrogens is 512 g/mol. The normalized spacial score (nSPS) is 20.4. The highest BCUT2D eigenvalue weighted by molar-refractivity contribution is 5.97. The molecule has 1 fully saturated rings. The minimum atomic E-state index is -0.751. The number of carbonyl (C=O) groups excluding carboxylic acids is 3. The van der Waals surface area contributed by atoms with Gasteiger partial charge in [-0.2, -0.15) is 0 Å². The van der Waals surface area contributed by atoms with Gasteiger partial charge in [0.05, 0.1) is 11.7 Å². The largest absolute Gasteiger partial charge is 0.392 e.